The zero-order chi connectivity index (χ0) is 11.0. The Morgan fingerprint density at radius 1 is 0.875 bits per heavy atom. The minimum absolute atomic E-state index is 1.14. The van der Waals surface area contributed by atoms with Crippen molar-refractivity contribution >= 4 is 5.69 Å². The van der Waals surface area contributed by atoms with Crippen molar-refractivity contribution in [2.75, 3.05) is 12.4 Å². The summed E-state index contributed by atoms with van der Waals surface area (Å²) < 4.78 is 0. The van der Waals surface area contributed by atoms with Crippen LogP contribution in [0.1, 0.15) is 11.1 Å². The summed E-state index contributed by atoms with van der Waals surface area (Å²) in [5, 5.41) is 3.29. The second-order valence-electron chi connectivity index (χ2n) is 4.24. The molecule has 1 N–H and O–H groups in total. The van der Waals surface area contributed by atoms with Gasteiger partial charge >= 0.3 is 0 Å². The van der Waals surface area contributed by atoms with Crippen LogP contribution < -0.4 is 5.32 Å². The van der Waals surface area contributed by atoms with Gasteiger partial charge in [-0.05, 0) is 41.2 Å². The van der Waals surface area contributed by atoms with Crippen LogP contribution in [0, 0.1) is 0 Å². The Kier molecular flexibility index (Phi) is 2.17. The maximum atomic E-state index is 3.29. The predicted molar refractivity (Wildman–Crippen MR) is 68.8 cm³/mol. The van der Waals surface area contributed by atoms with Gasteiger partial charge in [0.25, 0.3) is 0 Å². The Bertz CT molecular complexity index is 529. The molecule has 1 aliphatic rings. The first-order chi connectivity index (χ1) is 7.90. The lowest BCUT2D eigenvalue weighted by atomic mass is 9.85. The minimum Gasteiger partial charge on any atom is -0.388 e. The van der Waals surface area contributed by atoms with Crippen LogP contribution in [0.2, 0.25) is 0 Å². The van der Waals surface area contributed by atoms with E-state index in [-0.39, 0.29) is 0 Å². The van der Waals surface area contributed by atoms with Gasteiger partial charge in [0.1, 0.15) is 0 Å². The molecule has 80 valence electrons. The van der Waals surface area contributed by atoms with E-state index in [9.17, 15) is 0 Å². The first-order valence-corrected chi connectivity index (χ1v) is 5.78. The number of rotatable bonds is 1. The number of fused-ring (bicyclic) bond motifs is 3. The van der Waals surface area contributed by atoms with E-state index in [1.165, 1.54) is 27.9 Å². The van der Waals surface area contributed by atoms with E-state index in [2.05, 4.69) is 47.8 Å². The quantitative estimate of drug-likeness (QED) is 0.758. The van der Waals surface area contributed by atoms with E-state index >= 15 is 0 Å². The number of benzene rings is 2. The van der Waals surface area contributed by atoms with Gasteiger partial charge in [0, 0.05) is 12.7 Å². The number of aryl methyl sites for hydroxylation is 1. The van der Waals surface area contributed by atoms with Crippen LogP contribution in [0.4, 0.5) is 5.69 Å². The number of hydrogen-bond donors (Lipinski definition) is 1. The molecular formula is C15H15N. The van der Waals surface area contributed by atoms with Gasteiger partial charge in [0.15, 0.2) is 0 Å². The zero-order valence-corrected chi connectivity index (χ0v) is 9.46. The topological polar surface area (TPSA) is 12.0 Å². The maximum absolute atomic E-state index is 3.29. The van der Waals surface area contributed by atoms with Gasteiger partial charge in [-0.3, -0.25) is 0 Å². The van der Waals surface area contributed by atoms with Crippen molar-refractivity contribution in [1.82, 2.24) is 0 Å². The summed E-state index contributed by atoms with van der Waals surface area (Å²) in [6.07, 6.45) is 2.30. The molecule has 16 heavy (non-hydrogen) atoms. The summed E-state index contributed by atoms with van der Waals surface area (Å²) in [5.74, 6) is 0. The van der Waals surface area contributed by atoms with Gasteiger partial charge in [0.2, 0.25) is 0 Å². The van der Waals surface area contributed by atoms with E-state index in [0.717, 1.165) is 12.8 Å². The van der Waals surface area contributed by atoms with Crippen molar-refractivity contribution in [1.29, 1.82) is 0 Å². The van der Waals surface area contributed by atoms with Crippen LogP contribution in [0.15, 0.2) is 42.5 Å². The third-order valence-electron chi connectivity index (χ3n) is 3.40. The molecule has 0 saturated carbocycles. The molecule has 2 aromatic carbocycles. The van der Waals surface area contributed by atoms with Crippen molar-refractivity contribution in [3.8, 4) is 11.1 Å². The number of anilines is 1. The summed E-state index contributed by atoms with van der Waals surface area (Å²) in [4.78, 5) is 0. The third-order valence-corrected chi connectivity index (χ3v) is 3.40. The van der Waals surface area contributed by atoms with E-state index in [4.69, 9.17) is 0 Å². The van der Waals surface area contributed by atoms with Crippen LogP contribution in [0.3, 0.4) is 0 Å². The molecule has 0 bridgehead atoms. The fourth-order valence-electron chi connectivity index (χ4n) is 2.60. The number of hydrogen-bond acceptors (Lipinski definition) is 1. The SMILES string of the molecule is CNc1cccc2c1CCc1ccccc1-2. The Hall–Kier alpha value is -1.76. The Morgan fingerprint density at radius 2 is 1.69 bits per heavy atom. The molecule has 1 nitrogen and oxygen atoms in total. The van der Waals surface area contributed by atoms with E-state index < -0.39 is 0 Å². The summed E-state index contributed by atoms with van der Waals surface area (Å²) in [6, 6.07) is 15.2. The van der Waals surface area contributed by atoms with Gasteiger partial charge in [-0.25, -0.2) is 0 Å². The Balaban J connectivity index is 2.25. The lowest BCUT2D eigenvalue weighted by Crippen LogP contribution is -2.06. The second kappa shape index (κ2) is 3.67. The molecule has 0 unspecified atom stereocenters. The second-order valence-corrected chi connectivity index (χ2v) is 4.24. The smallest absolute Gasteiger partial charge is 0.0376 e. The van der Waals surface area contributed by atoms with E-state index in [1.54, 1.807) is 0 Å². The summed E-state index contributed by atoms with van der Waals surface area (Å²) in [7, 11) is 2.00. The molecule has 0 atom stereocenters. The maximum Gasteiger partial charge on any atom is 0.0376 e. The minimum atomic E-state index is 1.14. The molecule has 0 aromatic heterocycles. The standard InChI is InChI=1S/C15H15N/c1-16-15-8-4-7-13-12-6-3-2-5-11(12)9-10-14(13)15/h2-8,16H,9-10H2,1H3. The number of nitrogens with one attached hydrogen (secondary N) is 1. The van der Waals surface area contributed by atoms with Crippen LogP contribution >= 0.6 is 0 Å². The molecule has 0 spiro atoms. The van der Waals surface area contributed by atoms with Gasteiger partial charge in [0.05, 0.1) is 0 Å². The van der Waals surface area contributed by atoms with Gasteiger partial charge < -0.3 is 5.32 Å². The van der Waals surface area contributed by atoms with Gasteiger partial charge in [-0.2, -0.15) is 0 Å². The molecule has 0 radical (unpaired) electrons. The van der Waals surface area contributed by atoms with Crippen LogP contribution in [0.5, 0.6) is 0 Å². The molecule has 0 saturated heterocycles. The average molecular weight is 209 g/mol. The fraction of sp³-hybridized carbons (Fsp3) is 0.200. The molecule has 2 aromatic rings. The molecule has 0 amide bonds. The van der Waals surface area contributed by atoms with Crippen molar-refractivity contribution in [2.24, 2.45) is 0 Å². The summed E-state index contributed by atoms with van der Waals surface area (Å²) in [6.45, 7) is 0. The van der Waals surface area contributed by atoms with Gasteiger partial charge in [-0.15, -0.1) is 0 Å². The summed E-state index contributed by atoms with van der Waals surface area (Å²) in [5.41, 5.74) is 7.01. The molecule has 0 aliphatic heterocycles. The highest BCUT2D eigenvalue weighted by atomic mass is 14.8. The third kappa shape index (κ3) is 1.32. The zero-order valence-electron chi connectivity index (χ0n) is 9.46. The first kappa shape index (κ1) is 9.46. The van der Waals surface area contributed by atoms with Crippen molar-refractivity contribution in [3.63, 3.8) is 0 Å². The van der Waals surface area contributed by atoms with Crippen LogP contribution in [-0.4, -0.2) is 7.05 Å². The molecular weight excluding hydrogens is 194 g/mol. The van der Waals surface area contributed by atoms with E-state index in [1.807, 2.05) is 7.05 Å². The van der Waals surface area contributed by atoms with Crippen molar-refractivity contribution in [2.45, 2.75) is 12.8 Å². The molecule has 3 rings (SSSR count). The predicted octanol–water partition coefficient (Wildman–Crippen LogP) is 3.49. The molecule has 1 heteroatoms. The van der Waals surface area contributed by atoms with Crippen LogP contribution in [0.25, 0.3) is 11.1 Å². The van der Waals surface area contributed by atoms with Gasteiger partial charge in [-0.1, -0.05) is 36.4 Å². The average Bonchev–Trinajstić information content (AvgIpc) is 2.37. The highest BCUT2D eigenvalue weighted by molar-refractivity contribution is 5.78. The lowest BCUT2D eigenvalue weighted by molar-refractivity contribution is 0.943. The highest BCUT2D eigenvalue weighted by Gasteiger charge is 2.17. The van der Waals surface area contributed by atoms with Crippen molar-refractivity contribution in [3.05, 3.63) is 53.6 Å². The van der Waals surface area contributed by atoms with Crippen molar-refractivity contribution < 1.29 is 0 Å². The summed E-state index contributed by atoms with van der Waals surface area (Å²) >= 11 is 0. The lowest BCUT2D eigenvalue weighted by Gasteiger charge is -2.22. The molecule has 1 aliphatic carbocycles. The van der Waals surface area contributed by atoms with Crippen LogP contribution in [-0.2, 0) is 12.8 Å². The Labute approximate surface area is 96.1 Å². The molecule has 0 fully saturated rings. The monoisotopic (exact) mass is 209 g/mol. The molecule has 0 heterocycles. The Morgan fingerprint density at radius 3 is 2.56 bits per heavy atom. The largest absolute Gasteiger partial charge is 0.388 e. The first-order valence-electron chi connectivity index (χ1n) is 5.78. The highest BCUT2D eigenvalue weighted by Crippen LogP contribution is 2.36. The fourth-order valence-corrected chi connectivity index (χ4v) is 2.60. The normalized spacial score (nSPS) is 12.8. The van der Waals surface area contributed by atoms with E-state index in [0.29, 0.717) is 0 Å².